The molecule has 0 unspecified atom stereocenters. The summed E-state index contributed by atoms with van der Waals surface area (Å²) in [6.07, 6.45) is 3.15. The molecule has 0 N–H and O–H groups in total. The number of aryl methyl sites for hydroxylation is 1. The minimum Gasteiger partial charge on any atom is -0.322 e. The van der Waals surface area contributed by atoms with Gasteiger partial charge in [0.15, 0.2) is 5.82 Å². The van der Waals surface area contributed by atoms with E-state index in [4.69, 9.17) is 11.6 Å². The van der Waals surface area contributed by atoms with E-state index in [0.717, 1.165) is 11.3 Å². The fourth-order valence-corrected chi connectivity index (χ4v) is 3.15. The van der Waals surface area contributed by atoms with Crippen LogP contribution in [-0.2, 0) is 12.0 Å². The van der Waals surface area contributed by atoms with Gasteiger partial charge in [0.05, 0.1) is 5.52 Å². The number of halogens is 2. The van der Waals surface area contributed by atoms with E-state index in [1.165, 1.54) is 18.9 Å². The highest BCUT2D eigenvalue weighted by Gasteiger charge is 2.41. The lowest BCUT2D eigenvalue weighted by atomic mass is 9.97. The molecule has 0 saturated heterocycles. The van der Waals surface area contributed by atoms with Gasteiger partial charge in [0.1, 0.15) is 11.3 Å². The second kappa shape index (κ2) is 4.48. The Balaban J connectivity index is 2.24. The third-order valence-electron chi connectivity index (χ3n) is 4.18. The van der Waals surface area contributed by atoms with Crippen molar-refractivity contribution in [2.75, 3.05) is 5.88 Å². The Labute approximate surface area is 117 Å². The molecule has 4 heteroatoms. The van der Waals surface area contributed by atoms with Crippen molar-refractivity contribution in [1.29, 1.82) is 0 Å². The molecular weight excluding hydrogens is 263 g/mol. The highest BCUT2D eigenvalue weighted by atomic mass is 35.5. The number of nitrogens with zero attached hydrogens (tertiary/aromatic N) is 2. The fraction of sp³-hybridized carbons (Fsp3) is 0.533. The molecule has 0 radical (unpaired) electrons. The highest BCUT2D eigenvalue weighted by Crippen LogP contribution is 2.45. The number of aromatic nitrogens is 2. The predicted molar refractivity (Wildman–Crippen MR) is 76.2 cm³/mol. The number of alkyl halides is 1. The smallest absolute Gasteiger partial charge is 0.151 e. The van der Waals surface area contributed by atoms with E-state index >= 15 is 0 Å². The molecule has 1 heterocycles. The van der Waals surface area contributed by atoms with Crippen molar-refractivity contribution in [3.8, 4) is 0 Å². The summed E-state index contributed by atoms with van der Waals surface area (Å²) >= 11 is 5.87. The molecule has 19 heavy (non-hydrogen) atoms. The van der Waals surface area contributed by atoms with Gasteiger partial charge in [-0.3, -0.25) is 0 Å². The molecule has 2 aromatic rings. The van der Waals surface area contributed by atoms with Gasteiger partial charge in [-0.2, -0.15) is 0 Å². The quantitative estimate of drug-likeness (QED) is 0.771. The molecule has 3 rings (SSSR count). The van der Waals surface area contributed by atoms with Crippen LogP contribution in [0.25, 0.3) is 11.0 Å². The number of hydrogen-bond acceptors (Lipinski definition) is 1. The number of rotatable bonds is 4. The van der Waals surface area contributed by atoms with Crippen LogP contribution in [0.3, 0.4) is 0 Å². The summed E-state index contributed by atoms with van der Waals surface area (Å²) in [4.78, 5) is 4.48. The maximum atomic E-state index is 13.9. The first-order chi connectivity index (χ1) is 9.05. The molecule has 1 aliphatic rings. The van der Waals surface area contributed by atoms with E-state index < -0.39 is 0 Å². The topological polar surface area (TPSA) is 17.8 Å². The Morgan fingerprint density at radius 2 is 2.16 bits per heavy atom. The first-order valence-corrected chi connectivity index (χ1v) is 7.31. The second-order valence-electron chi connectivity index (χ2n) is 5.84. The van der Waals surface area contributed by atoms with Crippen molar-refractivity contribution in [2.24, 2.45) is 5.92 Å². The maximum absolute atomic E-state index is 13.9. The Hall–Kier alpha value is -1.09. The van der Waals surface area contributed by atoms with Gasteiger partial charge in [-0.05, 0) is 44.7 Å². The van der Waals surface area contributed by atoms with Crippen LogP contribution in [0.5, 0.6) is 0 Å². The third kappa shape index (κ3) is 2.04. The summed E-state index contributed by atoms with van der Waals surface area (Å²) in [5.41, 5.74) is 1.33. The first-order valence-electron chi connectivity index (χ1n) is 6.78. The summed E-state index contributed by atoms with van der Waals surface area (Å²) in [6, 6.07) is 5.17. The van der Waals surface area contributed by atoms with Crippen molar-refractivity contribution in [3.05, 3.63) is 29.8 Å². The van der Waals surface area contributed by atoms with Crippen LogP contribution in [0.2, 0.25) is 0 Å². The lowest BCUT2D eigenvalue weighted by Gasteiger charge is -2.29. The van der Waals surface area contributed by atoms with Crippen molar-refractivity contribution in [3.63, 3.8) is 0 Å². The van der Waals surface area contributed by atoms with Crippen LogP contribution in [0.1, 0.15) is 32.5 Å². The molecule has 1 aromatic heterocycles. The molecule has 0 bridgehead atoms. The summed E-state index contributed by atoms with van der Waals surface area (Å²) in [5.74, 6) is 1.80. The van der Waals surface area contributed by atoms with E-state index in [9.17, 15) is 4.39 Å². The Kier molecular flexibility index (Phi) is 3.05. The van der Waals surface area contributed by atoms with Crippen molar-refractivity contribution in [1.82, 2.24) is 9.55 Å². The van der Waals surface area contributed by atoms with Crippen LogP contribution in [-0.4, -0.2) is 15.4 Å². The van der Waals surface area contributed by atoms with Crippen molar-refractivity contribution in [2.45, 2.75) is 38.6 Å². The summed E-state index contributed by atoms with van der Waals surface area (Å²) in [6.45, 7) is 4.43. The van der Waals surface area contributed by atoms with Gasteiger partial charge in [0, 0.05) is 17.8 Å². The highest BCUT2D eigenvalue weighted by molar-refractivity contribution is 6.17. The molecule has 2 nitrogen and oxygen atoms in total. The third-order valence-corrected chi connectivity index (χ3v) is 4.37. The zero-order valence-corrected chi connectivity index (χ0v) is 12.0. The molecule has 1 saturated carbocycles. The van der Waals surface area contributed by atoms with E-state index in [-0.39, 0.29) is 11.4 Å². The second-order valence-corrected chi connectivity index (χ2v) is 6.22. The molecule has 1 aliphatic carbocycles. The number of fused-ring (bicyclic) bond motifs is 1. The normalized spacial score (nSPS) is 16.2. The fourth-order valence-electron chi connectivity index (χ4n) is 2.98. The summed E-state index contributed by atoms with van der Waals surface area (Å²) in [7, 11) is 0. The SMILES string of the molecule is CC(C)(C1CC1)n1c(CCCl)nc2c(F)cccc21. The molecule has 0 spiro atoms. The summed E-state index contributed by atoms with van der Waals surface area (Å²) < 4.78 is 16.1. The monoisotopic (exact) mass is 280 g/mol. The zero-order valence-electron chi connectivity index (χ0n) is 11.3. The number of imidazole rings is 1. The van der Waals surface area contributed by atoms with E-state index in [1.807, 2.05) is 6.07 Å². The lowest BCUT2D eigenvalue weighted by molar-refractivity contribution is 0.305. The van der Waals surface area contributed by atoms with Gasteiger partial charge in [-0.1, -0.05) is 6.07 Å². The van der Waals surface area contributed by atoms with E-state index in [0.29, 0.717) is 23.7 Å². The van der Waals surface area contributed by atoms with Gasteiger partial charge in [0.25, 0.3) is 0 Å². The maximum Gasteiger partial charge on any atom is 0.151 e. The first kappa shape index (κ1) is 12.9. The minimum atomic E-state index is -0.251. The standard InChI is InChI=1S/C15H18ClFN2/c1-15(2,10-6-7-10)19-12-5-3-4-11(17)14(12)18-13(19)8-9-16/h3-5,10H,6-9H2,1-2H3. The Morgan fingerprint density at radius 3 is 2.79 bits per heavy atom. The van der Waals surface area contributed by atoms with Crippen molar-refractivity contribution < 1.29 is 4.39 Å². The molecule has 0 atom stereocenters. The molecular formula is C15H18ClFN2. The van der Waals surface area contributed by atoms with Crippen molar-refractivity contribution >= 4 is 22.6 Å². The lowest BCUT2D eigenvalue weighted by Crippen LogP contribution is -2.30. The van der Waals surface area contributed by atoms with Gasteiger partial charge in [0.2, 0.25) is 0 Å². The zero-order chi connectivity index (χ0) is 13.6. The number of hydrogen-bond donors (Lipinski definition) is 0. The Morgan fingerprint density at radius 1 is 1.42 bits per heavy atom. The molecule has 1 fully saturated rings. The number of para-hydroxylation sites is 1. The number of benzene rings is 1. The van der Waals surface area contributed by atoms with Crippen LogP contribution in [0, 0.1) is 11.7 Å². The van der Waals surface area contributed by atoms with Gasteiger partial charge < -0.3 is 4.57 Å². The van der Waals surface area contributed by atoms with Crippen LogP contribution in [0.4, 0.5) is 4.39 Å². The van der Waals surface area contributed by atoms with E-state index in [2.05, 4.69) is 23.4 Å². The van der Waals surface area contributed by atoms with Gasteiger partial charge >= 0.3 is 0 Å². The Bertz CT molecular complexity index is 614. The van der Waals surface area contributed by atoms with Gasteiger partial charge in [-0.25, -0.2) is 9.37 Å². The van der Waals surface area contributed by atoms with E-state index in [1.54, 1.807) is 6.07 Å². The average Bonchev–Trinajstić information content (AvgIpc) is 3.13. The van der Waals surface area contributed by atoms with Gasteiger partial charge in [-0.15, -0.1) is 11.6 Å². The van der Waals surface area contributed by atoms with Crippen LogP contribution < -0.4 is 0 Å². The molecule has 102 valence electrons. The average molecular weight is 281 g/mol. The van der Waals surface area contributed by atoms with Crippen LogP contribution >= 0.6 is 11.6 Å². The minimum absolute atomic E-state index is 0.0239. The van der Waals surface area contributed by atoms with Crippen LogP contribution in [0.15, 0.2) is 18.2 Å². The molecule has 1 aromatic carbocycles. The largest absolute Gasteiger partial charge is 0.322 e. The predicted octanol–water partition coefficient (Wildman–Crippen LogP) is 4.10. The molecule has 0 amide bonds. The molecule has 0 aliphatic heterocycles. The summed E-state index contributed by atoms with van der Waals surface area (Å²) in [5, 5.41) is 0.